The Kier molecular flexibility index (Phi) is 43.4. The largest absolute Gasteiger partial charge is 0.454 e. The van der Waals surface area contributed by atoms with Gasteiger partial charge >= 0.3 is 5.97 Å². The van der Waals surface area contributed by atoms with Crippen LogP contribution in [0.5, 0.6) is 0 Å². The summed E-state index contributed by atoms with van der Waals surface area (Å²) in [7, 11) is 0. The summed E-state index contributed by atoms with van der Waals surface area (Å²) in [5, 5.41) is 56.7. The third kappa shape index (κ3) is 35.0. The molecule has 1 fully saturated rings. The molecule has 6 N–H and O–H groups in total. The fraction of sp³-hybridized carbons (Fsp3) is 0.729. The third-order valence-corrected chi connectivity index (χ3v) is 12.6. The number of nitrogens with one attached hydrogen (secondary N) is 1. The van der Waals surface area contributed by atoms with Crippen LogP contribution in [0.25, 0.3) is 0 Å². The molecule has 0 aromatic heterocycles. The second-order valence-corrected chi connectivity index (χ2v) is 19.0. The molecule has 8 atom stereocenters. The van der Waals surface area contributed by atoms with Gasteiger partial charge in [0.15, 0.2) is 12.4 Å². The summed E-state index contributed by atoms with van der Waals surface area (Å²) in [4.78, 5) is 26.4. The summed E-state index contributed by atoms with van der Waals surface area (Å²) in [5.74, 6) is -1.25. The van der Waals surface area contributed by atoms with Gasteiger partial charge < -0.3 is 45.1 Å². The lowest BCUT2D eigenvalue weighted by Crippen LogP contribution is -2.61. The maximum Gasteiger partial charge on any atom is 0.306 e. The number of allylic oxidation sites excluding steroid dienone is 13. The van der Waals surface area contributed by atoms with E-state index in [1.54, 1.807) is 6.08 Å². The van der Waals surface area contributed by atoms with Crippen LogP contribution in [0.1, 0.15) is 213 Å². The number of rotatable bonds is 45. The molecule has 1 aliphatic rings. The van der Waals surface area contributed by atoms with E-state index in [1.165, 1.54) is 70.6 Å². The Bertz CT molecular complexity index is 1460. The third-order valence-electron chi connectivity index (χ3n) is 12.6. The highest BCUT2D eigenvalue weighted by atomic mass is 16.7. The second-order valence-electron chi connectivity index (χ2n) is 19.0. The zero-order valence-electron chi connectivity index (χ0n) is 44.1. The van der Waals surface area contributed by atoms with E-state index in [4.69, 9.17) is 14.2 Å². The molecule has 0 aliphatic carbocycles. The number of aliphatic hydroxyl groups excluding tert-OH is 5. The van der Waals surface area contributed by atoms with Gasteiger partial charge in [0.25, 0.3) is 0 Å². The fourth-order valence-electron chi connectivity index (χ4n) is 8.16. The number of unbranched alkanes of at least 4 members (excludes halogenated alkanes) is 22. The Morgan fingerprint density at radius 3 is 1.69 bits per heavy atom. The second kappa shape index (κ2) is 46.9. The van der Waals surface area contributed by atoms with Crippen molar-refractivity contribution in [2.24, 2.45) is 0 Å². The number of hydrogen-bond acceptors (Lipinski definition) is 10. The summed E-state index contributed by atoms with van der Waals surface area (Å²) in [5.41, 5.74) is 0. The van der Waals surface area contributed by atoms with E-state index in [1.807, 2.05) is 42.5 Å². The zero-order valence-corrected chi connectivity index (χ0v) is 44.1. The average Bonchev–Trinajstić information content (AvgIpc) is 3.36. The van der Waals surface area contributed by atoms with Gasteiger partial charge in [0, 0.05) is 6.42 Å². The number of esters is 1. The molecule has 0 aromatic carbocycles. The van der Waals surface area contributed by atoms with Gasteiger partial charge in [-0.15, -0.1) is 0 Å². The highest BCUT2D eigenvalue weighted by molar-refractivity contribution is 5.80. The average molecular weight is 984 g/mol. The summed E-state index contributed by atoms with van der Waals surface area (Å²) in [6.45, 7) is 5.56. The fourth-order valence-corrected chi connectivity index (χ4v) is 8.16. The molecule has 0 radical (unpaired) electrons. The first-order valence-electron chi connectivity index (χ1n) is 27.9. The smallest absolute Gasteiger partial charge is 0.306 e. The van der Waals surface area contributed by atoms with Crippen molar-refractivity contribution in [3.8, 4) is 0 Å². The van der Waals surface area contributed by atoms with Crippen molar-refractivity contribution in [2.45, 2.75) is 262 Å². The standard InChI is InChI=1S/C59H101NO10/c1-4-7-10-13-16-19-22-25-26-27-29-31-34-37-40-43-46-52(63)58(67)60-50(51(62)45-42-39-36-33-30-24-21-18-15-12-9-6-3)49-68-59-57(56(66)55(65)53(48-61)69-59)70-54(64)47-44-41-38-35-32-28-23-20-17-14-11-8-5-2/h8,11,14,16-17,19-20,23,25-26,28,32,42,45,50-53,55-57,59,61-63,65-66H,4-7,9-10,12-13,15,18,21-22,24,27,29-31,33-41,43-44,46-49H2,1-3H3,(H,60,67)/b11-8+,17-14+,19-16-,23-20-,26-25-,32-28-,45-42+. The van der Waals surface area contributed by atoms with Crippen molar-refractivity contribution in [3.05, 3.63) is 85.1 Å². The summed E-state index contributed by atoms with van der Waals surface area (Å²) < 4.78 is 17.5. The Morgan fingerprint density at radius 2 is 1.09 bits per heavy atom. The summed E-state index contributed by atoms with van der Waals surface area (Å²) in [6, 6.07) is -1.04. The Labute approximate surface area is 425 Å². The van der Waals surface area contributed by atoms with Crippen molar-refractivity contribution in [3.63, 3.8) is 0 Å². The number of carbonyl (C=O) groups is 2. The molecular formula is C59H101NO10. The maximum atomic E-state index is 13.4. The highest BCUT2D eigenvalue weighted by Crippen LogP contribution is 2.26. The van der Waals surface area contributed by atoms with Crippen LogP contribution < -0.4 is 5.32 Å². The minimum atomic E-state index is -1.63. The van der Waals surface area contributed by atoms with Gasteiger partial charge in [0.2, 0.25) is 5.91 Å². The summed E-state index contributed by atoms with van der Waals surface area (Å²) in [6.07, 6.45) is 49.1. The van der Waals surface area contributed by atoms with Gasteiger partial charge in [0.1, 0.15) is 24.4 Å². The summed E-state index contributed by atoms with van der Waals surface area (Å²) >= 11 is 0. The van der Waals surface area contributed by atoms with Crippen molar-refractivity contribution in [1.29, 1.82) is 0 Å². The van der Waals surface area contributed by atoms with Crippen LogP contribution in [0.3, 0.4) is 0 Å². The lowest BCUT2D eigenvalue weighted by atomic mass is 9.99. The van der Waals surface area contributed by atoms with Crippen molar-refractivity contribution in [2.75, 3.05) is 13.2 Å². The topological polar surface area (TPSA) is 175 Å². The van der Waals surface area contributed by atoms with Gasteiger partial charge in [0.05, 0.1) is 25.4 Å². The zero-order chi connectivity index (χ0) is 51.1. The van der Waals surface area contributed by atoms with Crippen molar-refractivity contribution in [1.82, 2.24) is 5.32 Å². The van der Waals surface area contributed by atoms with E-state index in [2.05, 4.69) is 62.5 Å². The van der Waals surface area contributed by atoms with Crippen molar-refractivity contribution >= 4 is 11.9 Å². The van der Waals surface area contributed by atoms with Crippen LogP contribution in [-0.2, 0) is 23.8 Å². The normalized spacial score (nSPS) is 20.4. The molecular weight excluding hydrogens is 883 g/mol. The lowest BCUT2D eigenvalue weighted by Gasteiger charge is -2.41. The SMILES string of the molecule is CC/C=C/C=C/C=C\C=C/CCCCCC(=O)OC1C(OCC(NC(=O)C(O)CCCCCCCC/C=C\C/C=C\CCCCC)C(O)/C=C/CCCCCCCCCCCC)OC(CO)C(O)C1O. The van der Waals surface area contributed by atoms with E-state index < -0.39 is 67.4 Å². The Balaban J connectivity index is 2.78. The Morgan fingerprint density at radius 1 is 0.586 bits per heavy atom. The van der Waals surface area contributed by atoms with E-state index >= 15 is 0 Å². The van der Waals surface area contributed by atoms with Crippen LogP contribution in [0.15, 0.2) is 85.1 Å². The van der Waals surface area contributed by atoms with Crippen LogP contribution in [0, 0.1) is 0 Å². The minimum absolute atomic E-state index is 0.0729. The quantitative estimate of drug-likeness (QED) is 0.0149. The van der Waals surface area contributed by atoms with Gasteiger partial charge in [-0.05, 0) is 77.0 Å². The number of amides is 1. The molecule has 70 heavy (non-hydrogen) atoms. The number of aliphatic hydroxyl groups is 5. The van der Waals surface area contributed by atoms with Crippen LogP contribution in [0.2, 0.25) is 0 Å². The predicted molar refractivity (Wildman–Crippen MR) is 287 cm³/mol. The molecule has 11 heteroatoms. The molecule has 0 spiro atoms. The first-order chi connectivity index (χ1) is 34.2. The van der Waals surface area contributed by atoms with E-state index in [9.17, 15) is 35.1 Å². The molecule has 8 unspecified atom stereocenters. The van der Waals surface area contributed by atoms with E-state index in [0.717, 1.165) is 96.3 Å². The molecule has 0 bridgehead atoms. The maximum absolute atomic E-state index is 13.4. The number of carbonyl (C=O) groups excluding carboxylic acids is 2. The van der Waals surface area contributed by atoms with Crippen LogP contribution in [0.4, 0.5) is 0 Å². The molecule has 1 amide bonds. The van der Waals surface area contributed by atoms with Crippen LogP contribution in [-0.4, -0.2) is 99.6 Å². The monoisotopic (exact) mass is 984 g/mol. The lowest BCUT2D eigenvalue weighted by molar-refractivity contribution is -0.305. The van der Waals surface area contributed by atoms with Gasteiger partial charge in [-0.2, -0.15) is 0 Å². The highest BCUT2D eigenvalue weighted by Gasteiger charge is 2.47. The number of ether oxygens (including phenoxy) is 3. The molecule has 0 aromatic rings. The van der Waals surface area contributed by atoms with E-state index in [-0.39, 0.29) is 19.4 Å². The molecule has 402 valence electrons. The van der Waals surface area contributed by atoms with Gasteiger partial charge in [-0.3, -0.25) is 9.59 Å². The molecule has 1 rings (SSSR count). The van der Waals surface area contributed by atoms with E-state index in [0.29, 0.717) is 12.8 Å². The molecule has 11 nitrogen and oxygen atoms in total. The van der Waals surface area contributed by atoms with Gasteiger partial charge in [-0.1, -0.05) is 215 Å². The van der Waals surface area contributed by atoms with Crippen LogP contribution >= 0.6 is 0 Å². The van der Waals surface area contributed by atoms with Gasteiger partial charge in [-0.25, -0.2) is 0 Å². The molecule has 1 heterocycles. The first-order valence-corrected chi connectivity index (χ1v) is 27.9. The molecule has 0 saturated carbocycles. The molecule has 1 saturated heterocycles. The first kappa shape index (κ1) is 64.9. The minimum Gasteiger partial charge on any atom is -0.454 e. The van der Waals surface area contributed by atoms with Crippen molar-refractivity contribution < 1.29 is 49.3 Å². The molecule has 1 aliphatic heterocycles. The number of hydrogen-bond donors (Lipinski definition) is 6. The Hall–Kier alpha value is -3.16. The predicted octanol–water partition coefficient (Wildman–Crippen LogP) is 12.2.